The molecule has 0 spiro atoms. The van der Waals surface area contributed by atoms with Gasteiger partial charge in [0.05, 0.1) is 12.6 Å². The number of benzene rings is 1. The third kappa shape index (κ3) is 2.83. The van der Waals surface area contributed by atoms with E-state index in [-0.39, 0.29) is 11.3 Å². The Labute approximate surface area is 112 Å². The molecule has 3 N–H and O–H groups in total. The van der Waals surface area contributed by atoms with Crippen LogP contribution in [0.2, 0.25) is 0 Å². The second kappa shape index (κ2) is 5.79. The number of H-pyrrole nitrogens is 1. The first-order chi connectivity index (χ1) is 9.52. The van der Waals surface area contributed by atoms with Crippen LogP contribution >= 0.6 is 0 Å². The third-order valence-electron chi connectivity index (χ3n) is 2.74. The Morgan fingerprint density at radius 3 is 2.45 bits per heavy atom. The van der Waals surface area contributed by atoms with Gasteiger partial charge in [0, 0.05) is 6.20 Å². The summed E-state index contributed by atoms with van der Waals surface area (Å²) >= 11 is 0. The lowest BCUT2D eigenvalue weighted by atomic mass is 10.1. The Kier molecular flexibility index (Phi) is 4.09. The fourth-order valence-corrected chi connectivity index (χ4v) is 1.72. The summed E-state index contributed by atoms with van der Waals surface area (Å²) in [6.45, 7) is -0.586. The standard InChI is InChI=1S/C13H11F3N2O2/c14-8-4-7(5-9(15)12(8)16)11(6-19)18-13(20)10-2-1-3-17-10/h1-5,11,17,19H,6H2,(H,18,20). The summed E-state index contributed by atoms with van der Waals surface area (Å²) in [5, 5.41) is 11.6. The molecule has 0 aliphatic rings. The second-order valence-corrected chi connectivity index (χ2v) is 4.09. The van der Waals surface area contributed by atoms with E-state index in [0.29, 0.717) is 0 Å². The van der Waals surface area contributed by atoms with Gasteiger partial charge in [-0.25, -0.2) is 13.2 Å². The van der Waals surface area contributed by atoms with E-state index in [4.69, 9.17) is 0 Å². The molecule has 1 amide bonds. The minimum absolute atomic E-state index is 0.0659. The van der Waals surface area contributed by atoms with Crippen LogP contribution in [0.3, 0.4) is 0 Å². The first-order valence-electron chi connectivity index (χ1n) is 5.72. The normalized spacial score (nSPS) is 12.2. The molecule has 1 aromatic heterocycles. The fourth-order valence-electron chi connectivity index (χ4n) is 1.72. The zero-order valence-electron chi connectivity index (χ0n) is 10.2. The molecule has 0 radical (unpaired) electrons. The van der Waals surface area contributed by atoms with Crippen LogP contribution in [0.15, 0.2) is 30.5 Å². The van der Waals surface area contributed by atoms with Crippen LogP contribution in [0.25, 0.3) is 0 Å². The second-order valence-electron chi connectivity index (χ2n) is 4.09. The number of amides is 1. The summed E-state index contributed by atoms with van der Waals surface area (Å²) in [5.74, 6) is -4.92. The van der Waals surface area contributed by atoms with Crippen molar-refractivity contribution >= 4 is 5.91 Å². The smallest absolute Gasteiger partial charge is 0.268 e. The minimum atomic E-state index is -1.60. The molecular weight excluding hydrogens is 273 g/mol. The molecule has 106 valence electrons. The van der Waals surface area contributed by atoms with E-state index in [0.717, 1.165) is 12.1 Å². The Bertz CT molecular complexity index is 591. The van der Waals surface area contributed by atoms with Crippen LogP contribution in [-0.2, 0) is 0 Å². The quantitative estimate of drug-likeness (QED) is 0.751. The number of nitrogens with one attached hydrogen (secondary N) is 2. The average molecular weight is 284 g/mol. The molecule has 0 bridgehead atoms. The van der Waals surface area contributed by atoms with Gasteiger partial charge in [-0.1, -0.05) is 0 Å². The van der Waals surface area contributed by atoms with Crippen molar-refractivity contribution in [3.8, 4) is 0 Å². The number of halogens is 3. The van der Waals surface area contributed by atoms with Crippen LogP contribution in [-0.4, -0.2) is 22.6 Å². The molecule has 1 aromatic carbocycles. The molecule has 1 atom stereocenters. The Hall–Kier alpha value is -2.28. The number of hydrogen-bond acceptors (Lipinski definition) is 2. The van der Waals surface area contributed by atoms with Crippen molar-refractivity contribution in [1.29, 1.82) is 0 Å². The van der Waals surface area contributed by atoms with E-state index < -0.39 is 36.0 Å². The molecule has 1 unspecified atom stereocenters. The average Bonchev–Trinajstić information content (AvgIpc) is 2.95. The summed E-state index contributed by atoms with van der Waals surface area (Å²) in [4.78, 5) is 14.4. The van der Waals surface area contributed by atoms with E-state index in [9.17, 15) is 23.1 Å². The Morgan fingerprint density at radius 2 is 1.95 bits per heavy atom. The number of hydrogen-bond donors (Lipinski definition) is 3. The van der Waals surface area contributed by atoms with Crippen LogP contribution in [0.5, 0.6) is 0 Å². The van der Waals surface area contributed by atoms with Gasteiger partial charge in [0.2, 0.25) is 0 Å². The third-order valence-corrected chi connectivity index (χ3v) is 2.74. The number of aromatic amines is 1. The van der Waals surface area contributed by atoms with E-state index in [2.05, 4.69) is 10.3 Å². The van der Waals surface area contributed by atoms with Crippen LogP contribution in [0.1, 0.15) is 22.1 Å². The van der Waals surface area contributed by atoms with Crippen molar-refractivity contribution < 1.29 is 23.1 Å². The maximum atomic E-state index is 13.1. The maximum absolute atomic E-state index is 13.1. The monoisotopic (exact) mass is 284 g/mol. The van der Waals surface area contributed by atoms with Crippen molar-refractivity contribution in [2.24, 2.45) is 0 Å². The van der Waals surface area contributed by atoms with Gasteiger partial charge in [0.25, 0.3) is 5.91 Å². The summed E-state index contributed by atoms with van der Waals surface area (Å²) < 4.78 is 39.1. The highest BCUT2D eigenvalue weighted by Gasteiger charge is 2.19. The van der Waals surface area contributed by atoms with E-state index in [1.807, 2.05) is 0 Å². The summed E-state index contributed by atoms with van der Waals surface area (Å²) in [7, 11) is 0. The highest BCUT2D eigenvalue weighted by atomic mass is 19.2. The van der Waals surface area contributed by atoms with Crippen molar-refractivity contribution in [3.05, 3.63) is 59.2 Å². The molecule has 4 nitrogen and oxygen atoms in total. The minimum Gasteiger partial charge on any atom is -0.394 e. The Balaban J connectivity index is 2.22. The van der Waals surface area contributed by atoms with Gasteiger partial charge in [-0.2, -0.15) is 0 Å². The molecule has 0 saturated heterocycles. The summed E-state index contributed by atoms with van der Waals surface area (Å²) in [6, 6.07) is 3.51. The zero-order valence-corrected chi connectivity index (χ0v) is 10.2. The maximum Gasteiger partial charge on any atom is 0.268 e. The van der Waals surface area contributed by atoms with Gasteiger partial charge in [-0.3, -0.25) is 4.79 Å². The number of aliphatic hydroxyl groups is 1. The van der Waals surface area contributed by atoms with Crippen LogP contribution in [0, 0.1) is 17.5 Å². The molecule has 2 aromatic rings. The molecule has 7 heteroatoms. The molecule has 1 heterocycles. The molecule has 0 aliphatic heterocycles. The Morgan fingerprint density at radius 1 is 1.30 bits per heavy atom. The van der Waals surface area contributed by atoms with Gasteiger partial charge in [0.15, 0.2) is 17.5 Å². The zero-order chi connectivity index (χ0) is 14.7. The predicted molar refractivity (Wildman–Crippen MR) is 64.4 cm³/mol. The van der Waals surface area contributed by atoms with Gasteiger partial charge in [0.1, 0.15) is 5.69 Å². The van der Waals surface area contributed by atoms with Crippen molar-refractivity contribution in [2.75, 3.05) is 6.61 Å². The lowest BCUT2D eigenvalue weighted by Crippen LogP contribution is -2.31. The van der Waals surface area contributed by atoms with E-state index >= 15 is 0 Å². The van der Waals surface area contributed by atoms with E-state index in [1.54, 1.807) is 6.07 Å². The lowest BCUT2D eigenvalue weighted by molar-refractivity contribution is 0.0911. The number of aromatic nitrogens is 1. The van der Waals surface area contributed by atoms with Gasteiger partial charge < -0.3 is 15.4 Å². The van der Waals surface area contributed by atoms with Crippen LogP contribution < -0.4 is 5.32 Å². The van der Waals surface area contributed by atoms with Crippen LogP contribution in [0.4, 0.5) is 13.2 Å². The van der Waals surface area contributed by atoms with Crippen molar-refractivity contribution in [1.82, 2.24) is 10.3 Å². The van der Waals surface area contributed by atoms with Gasteiger partial charge in [-0.15, -0.1) is 0 Å². The fraction of sp³-hybridized carbons (Fsp3) is 0.154. The van der Waals surface area contributed by atoms with Gasteiger partial charge >= 0.3 is 0 Å². The molecule has 0 saturated carbocycles. The number of aliphatic hydroxyl groups excluding tert-OH is 1. The lowest BCUT2D eigenvalue weighted by Gasteiger charge is -2.16. The first kappa shape index (κ1) is 14.1. The van der Waals surface area contributed by atoms with Crippen molar-refractivity contribution in [2.45, 2.75) is 6.04 Å². The number of carbonyl (C=O) groups excluding carboxylic acids is 1. The van der Waals surface area contributed by atoms with Crippen molar-refractivity contribution in [3.63, 3.8) is 0 Å². The first-order valence-corrected chi connectivity index (χ1v) is 5.72. The summed E-state index contributed by atoms with van der Waals surface area (Å²) in [5.41, 5.74) is 0.162. The largest absolute Gasteiger partial charge is 0.394 e. The molecule has 0 aliphatic carbocycles. The van der Waals surface area contributed by atoms with E-state index in [1.165, 1.54) is 12.3 Å². The number of rotatable bonds is 4. The molecule has 0 fully saturated rings. The molecule has 20 heavy (non-hydrogen) atoms. The molecular formula is C13H11F3N2O2. The SMILES string of the molecule is O=C(NC(CO)c1cc(F)c(F)c(F)c1)c1ccc[nH]1. The topological polar surface area (TPSA) is 65.1 Å². The molecule has 2 rings (SSSR count). The number of carbonyl (C=O) groups is 1. The highest BCUT2D eigenvalue weighted by molar-refractivity contribution is 5.92. The summed E-state index contributed by atoms with van der Waals surface area (Å²) in [6.07, 6.45) is 1.53. The highest BCUT2D eigenvalue weighted by Crippen LogP contribution is 2.19. The predicted octanol–water partition coefficient (Wildman–Crippen LogP) is 1.90. The van der Waals surface area contributed by atoms with Gasteiger partial charge in [-0.05, 0) is 29.8 Å².